The van der Waals surface area contributed by atoms with Gasteiger partial charge in [-0.15, -0.1) is 0 Å². The highest BCUT2D eigenvalue weighted by atomic mass is 32.2. The Labute approximate surface area is 193 Å². The average Bonchev–Trinajstić information content (AvgIpc) is 2.80. The van der Waals surface area contributed by atoms with Crippen molar-refractivity contribution in [3.8, 4) is 23.0 Å². The molecule has 174 valence electrons. The first-order valence-electron chi connectivity index (χ1n) is 10.1. The molecule has 8 nitrogen and oxygen atoms in total. The Kier molecular flexibility index (Phi) is 7.44. The molecule has 1 atom stereocenters. The molecule has 0 heterocycles. The molecule has 3 aromatic rings. The second-order valence-corrected chi connectivity index (χ2v) is 9.06. The molecule has 0 aliphatic rings. The second-order valence-electron chi connectivity index (χ2n) is 7.20. The van der Waals surface area contributed by atoms with Gasteiger partial charge in [-0.3, -0.25) is 9.10 Å². The summed E-state index contributed by atoms with van der Waals surface area (Å²) in [7, 11) is -0.797. The number of anilines is 2. The second kappa shape index (κ2) is 10.3. The van der Waals surface area contributed by atoms with E-state index in [1.807, 2.05) is 30.3 Å². The predicted octanol–water partition coefficient (Wildman–Crippen LogP) is 4.29. The maximum absolute atomic E-state index is 13.0. The number of hydrogen-bond donors (Lipinski definition) is 1. The van der Waals surface area contributed by atoms with Crippen LogP contribution in [0.1, 0.15) is 6.92 Å². The van der Waals surface area contributed by atoms with Gasteiger partial charge in [-0.1, -0.05) is 18.2 Å². The summed E-state index contributed by atoms with van der Waals surface area (Å²) in [6.45, 7) is 1.51. The maximum atomic E-state index is 13.0. The molecule has 33 heavy (non-hydrogen) atoms. The number of benzene rings is 3. The highest BCUT2D eigenvalue weighted by Crippen LogP contribution is 2.30. The lowest BCUT2D eigenvalue weighted by Crippen LogP contribution is -2.45. The third-order valence-corrected chi connectivity index (χ3v) is 6.06. The van der Waals surface area contributed by atoms with Gasteiger partial charge < -0.3 is 19.5 Å². The number of amides is 1. The Balaban J connectivity index is 1.83. The lowest BCUT2D eigenvalue weighted by molar-refractivity contribution is -0.116. The molecule has 0 radical (unpaired) electrons. The van der Waals surface area contributed by atoms with Crippen LogP contribution in [0.5, 0.6) is 23.0 Å². The van der Waals surface area contributed by atoms with E-state index in [2.05, 4.69) is 5.32 Å². The average molecular weight is 471 g/mol. The standard InChI is InChI=1S/C24H26N2O6S/c1-17(24(27)25-22-16-21(30-2)14-15-23(22)31-3)26(33(4,28)29)18-10-12-20(13-11-18)32-19-8-6-5-7-9-19/h5-17H,1-4H3,(H,25,27)/t17-/m1/s1. The van der Waals surface area contributed by atoms with Gasteiger partial charge in [0.2, 0.25) is 15.9 Å². The number of rotatable bonds is 9. The van der Waals surface area contributed by atoms with Crippen molar-refractivity contribution < 1.29 is 27.4 Å². The third-order valence-electron chi connectivity index (χ3n) is 4.82. The van der Waals surface area contributed by atoms with Gasteiger partial charge in [-0.05, 0) is 55.5 Å². The lowest BCUT2D eigenvalue weighted by Gasteiger charge is -2.28. The van der Waals surface area contributed by atoms with E-state index in [9.17, 15) is 13.2 Å². The monoisotopic (exact) mass is 470 g/mol. The molecule has 3 aromatic carbocycles. The highest BCUT2D eigenvalue weighted by molar-refractivity contribution is 7.92. The maximum Gasteiger partial charge on any atom is 0.248 e. The molecule has 9 heteroatoms. The van der Waals surface area contributed by atoms with Gasteiger partial charge in [0.05, 0.1) is 31.9 Å². The zero-order valence-corrected chi connectivity index (χ0v) is 19.6. The van der Waals surface area contributed by atoms with Crippen molar-refractivity contribution in [2.45, 2.75) is 13.0 Å². The third kappa shape index (κ3) is 5.95. The Morgan fingerprint density at radius 3 is 2.06 bits per heavy atom. The van der Waals surface area contributed by atoms with Crippen LogP contribution in [0.2, 0.25) is 0 Å². The van der Waals surface area contributed by atoms with Gasteiger partial charge in [0.15, 0.2) is 0 Å². The van der Waals surface area contributed by atoms with Gasteiger partial charge in [-0.2, -0.15) is 0 Å². The SMILES string of the molecule is COc1ccc(OC)c(NC(=O)[C@@H](C)N(c2ccc(Oc3ccccc3)cc2)S(C)(=O)=O)c1. The first-order valence-corrected chi connectivity index (χ1v) is 11.9. The Hall–Kier alpha value is -3.72. The van der Waals surface area contributed by atoms with Crippen LogP contribution >= 0.6 is 0 Å². The van der Waals surface area contributed by atoms with Crippen LogP contribution < -0.4 is 23.8 Å². The number of carbonyl (C=O) groups excluding carboxylic acids is 1. The fraction of sp³-hybridized carbons (Fsp3) is 0.208. The summed E-state index contributed by atoms with van der Waals surface area (Å²) in [5.41, 5.74) is 0.701. The van der Waals surface area contributed by atoms with E-state index in [1.54, 1.807) is 42.5 Å². The molecule has 0 fully saturated rings. The fourth-order valence-electron chi connectivity index (χ4n) is 3.24. The number of sulfonamides is 1. The van der Waals surface area contributed by atoms with Crippen molar-refractivity contribution in [1.82, 2.24) is 0 Å². The predicted molar refractivity (Wildman–Crippen MR) is 128 cm³/mol. The van der Waals surface area contributed by atoms with E-state index in [0.717, 1.165) is 10.6 Å². The molecule has 1 N–H and O–H groups in total. The van der Waals surface area contributed by atoms with Crippen molar-refractivity contribution in [3.63, 3.8) is 0 Å². The Bertz CT molecular complexity index is 1200. The van der Waals surface area contributed by atoms with Gasteiger partial charge in [0.25, 0.3) is 0 Å². The number of methoxy groups -OCH3 is 2. The van der Waals surface area contributed by atoms with E-state index >= 15 is 0 Å². The summed E-state index contributed by atoms with van der Waals surface area (Å²) >= 11 is 0. The number of hydrogen-bond acceptors (Lipinski definition) is 6. The summed E-state index contributed by atoms with van der Waals surface area (Å²) in [6.07, 6.45) is 1.05. The number of carbonyl (C=O) groups is 1. The zero-order chi connectivity index (χ0) is 24.0. The molecule has 0 aliphatic heterocycles. The largest absolute Gasteiger partial charge is 0.497 e. The molecule has 0 aromatic heterocycles. The van der Waals surface area contributed by atoms with Gasteiger partial charge >= 0.3 is 0 Å². The Morgan fingerprint density at radius 2 is 1.48 bits per heavy atom. The summed E-state index contributed by atoms with van der Waals surface area (Å²) in [4.78, 5) is 13.0. The molecule has 3 rings (SSSR count). The highest BCUT2D eigenvalue weighted by Gasteiger charge is 2.29. The van der Waals surface area contributed by atoms with E-state index in [1.165, 1.54) is 21.1 Å². The smallest absolute Gasteiger partial charge is 0.248 e. The van der Waals surface area contributed by atoms with Crippen LogP contribution in [0.4, 0.5) is 11.4 Å². The lowest BCUT2D eigenvalue weighted by atomic mass is 10.2. The fourth-order valence-corrected chi connectivity index (χ4v) is 4.42. The number of para-hydroxylation sites is 1. The molecular formula is C24H26N2O6S. The molecular weight excluding hydrogens is 444 g/mol. The van der Waals surface area contributed by atoms with Crippen LogP contribution in [0.3, 0.4) is 0 Å². The minimum absolute atomic E-state index is 0.332. The topological polar surface area (TPSA) is 94.2 Å². The summed E-state index contributed by atoms with van der Waals surface area (Å²) in [5, 5.41) is 2.73. The van der Waals surface area contributed by atoms with Crippen LogP contribution in [-0.2, 0) is 14.8 Å². The van der Waals surface area contributed by atoms with Gasteiger partial charge in [0, 0.05) is 6.07 Å². The molecule has 0 unspecified atom stereocenters. The van der Waals surface area contributed by atoms with Gasteiger partial charge in [0.1, 0.15) is 29.0 Å². The van der Waals surface area contributed by atoms with E-state index < -0.39 is 22.0 Å². The first kappa shape index (κ1) is 23.9. The van der Waals surface area contributed by atoms with Crippen molar-refractivity contribution in [3.05, 3.63) is 72.8 Å². The quantitative estimate of drug-likeness (QED) is 0.501. The minimum Gasteiger partial charge on any atom is -0.497 e. The summed E-state index contributed by atoms with van der Waals surface area (Å²) < 4.78 is 42.5. The zero-order valence-electron chi connectivity index (χ0n) is 18.8. The summed E-state index contributed by atoms with van der Waals surface area (Å²) in [6, 6.07) is 19.6. The van der Waals surface area contributed by atoms with Crippen molar-refractivity contribution in [2.24, 2.45) is 0 Å². The van der Waals surface area contributed by atoms with Crippen molar-refractivity contribution >= 4 is 27.3 Å². The van der Waals surface area contributed by atoms with Crippen LogP contribution in [0.25, 0.3) is 0 Å². The molecule has 0 saturated heterocycles. The van der Waals surface area contributed by atoms with Crippen LogP contribution in [-0.4, -0.2) is 40.8 Å². The molecule has 0 saturated carbocycles. The van der Waals surface area contributed by atoms with Gasteiger partial charge in [-0.25, -0.2) is 8.42 Å². The first-order chi connectivity index (χ1) is 15.7. The number of ether oxygens (including phenoxy) is 3. The van der Waals surface area contributed by atoms with Crippen LogP contribution in [0.15, 0.2) is 72.8 Å². The molecule has 0 aliphatic carbocycles. The van der Waals surface area contributed by atoms with Crippen molar-refractivity contribution in [2.75, 3.05) is 30.1 Å². The number of nitrogens with zero attached hydrogens (tertiary/aromatic N) is 1. The normalized spacial score (nSPS) is 11.9. The van der Waals surface area contributed by atoms with E-state index in [4.69, 9.17) is 14.2 Å². The minimum atomic E-state index is -3.78. The molecule has 0 spiro atoms. The Morgan fingerprint density at radius 1 is 0.879 bits per heavy atom. The van der Waals surface area contributed by atoms with Crippen molar-refractivity contribution in [1.29, 1.82) is 0 Å². The van der Waals surface area contributed by atoms with E-state index in [0.29, 0.717) is 34.4 Å². The summed E-state index contributed by atoms with van der Waals surface area (Å²) in [5.74, 6) is 1.61. The molecule has 0 bridgehead atoms. The molecule has 1 amide bonds. The van der Waals surface area contributed by atoms with Crippen LogP contribution in [0, 0.1) is 0 Å². The van der Waals surface area contributed by atoms with E-state index in [-0.39, 0.29) is 0 Å². The number of nitrogens with one attached hydrogen (secondary N) is 1.